The van der Waals surface area contributed by atoms with Crippen molar-refractivity contribution in [2.24, 2.45) is 0 Å². The van der Waals surface area contributed by atoms with Gasteiger partial charge in [0.05, 0.1) is 5.41 Å². The Morgan fingerprint density at radius 3 is 1.85 bits per heavy atom. The summed E-state index contributed by atoms with van der Waals surface area (Å²) in [6.45, 7) is 0. The summed E-state index contributed by atoms with van der Waals surface area (Å²) in [6, 6.07) is 62.2. The first kappa shape index (κ1) is 25.4. The quantitative estimate of drug-likeness (QED) is 0.201. The molecule has 1 aliphatic carbocycles. The second-order valence-corrected chi connectivity index (χ2v) is 12.4. The number of hydrogen-bond acceptors (Lipinski definition) is 1. The zero-order chi connectivity index (χ0) is 30.2. The largest absolute Gasteiger partial charge is 0.456 e. The molecule has 1 heterocycles. The van der Waals surface area contributed by atoms with Crippen LogP contribution in [0.1, 0.15) is 22.3 Å². The van der Waals surface area contributed by atoms with Crippen molar-refractivity contribution in [3.63, 3.8) is 0 Å². The molecule has 0 aromatic heterocycles. The fourth-order valence-electron chi connectivity index (χ4n) is 8.19. The predicted octanol–water partition coefficient (Wildman–Crippen LogP) is 11.8. The third-order valence-corrected chi connectivity index (χ3v) is 10.1. The van der Waals surface area contributed by atoms with Crippen LogP contribution in [-0.4, -0.2) is 0 Å². The summed E-state index contributed by atoms with van der Waals surface area (Å²) in [5, 5.41) is 4.93. The molecule has 0 fully saturated rings. The first-order chi connectivity index (χ1) is 22.8. The van der Waals surface area contributed by atoms with Gasteiger partial charge in [-0.25, -0.2) is 0 Å². The van der Waals surface area contributed by atoms with Gasteiger partial charge in [-0.2, -0.15) is 0 Å². The zero-order valence-corrected chi connectivity index (χ0v) is 25.1. The summed E-state index contributed by atoms with van der Waals surface area (Å²) >= 11 is 0. The molecule has 1 heteroatoms. The highest BCUT2D eigenvalue weighted by Gasteiger charge is 2.47. The molecule has 0 atom stereocenters. The molecule has 2 aliphatic rings. The van der Waals surface area contributed by atoms with Crippen molar-refractivity contribution in [3.05, 3.63) is 192 Å². The number of benzene rings is 8. The van der Waals surface area contributed by atoms with Crippen LogP contribution in [0, 0.1) is 0 Å². The van der Waals surface area contributed by atoms with Gasteiger partial charge < -0.3 is 4.74 Å². The Labute approximate surface area is 268 Å². The summed E-state index contributed by atoms with van der Waals surface area (Å²) < 4.78 is 6.45. The van der Waals surface area contributed by atoms with Gasteiger partial charge in [0.2, 0.25) is 0 Å². The minimum Gasteiger partial charge on any atom is -0.456 e. The van der Waals surface area contributed by atoms with Crippen molar-refractivity contribution >= 4 is 21.5 Å². The van der Waals surface area contributed by atoms with E-state index in [1.165, 1.54) is 71.6 Å². The van der Waals surface area contributed by atoms with Crippen LogP contribution < -0.4 is 4.74 Å². The number of ether oxygens (including phenoxy) is 1. The van der Waals surface area contributed by atoms with Gasteiger partial charge >= 0.3 is 0 Å². The minimum atomic E-state index is -0.480. The molecular formula is C45H28O. The maximum Gasteiger partial charge on any atom is 0.135 e. The van der Waals surface area contributed by atoms with Crippen molar-refractivity contribution < 1.29 is 4.74 Å². The SMILES string of the molecule is c1ccc(C2(c3ccccc3)c3cc(-c4ccc5c(c4)-c4cccc6cccc(c46)O5)ccc3-c3ccc4ccccc4c32)cc1. The van der Waals surface area contributed by atoms with Gasteiger partial charge in [-0.05, 0) is 90.5 Å². The Morgan fingerprint density at radius 2 is 1.04 bits per heavy atom. The molecule has 0 radical (unpaired) electrons. The molecule has 0 bridgehead atoms. The van der Waals surface area contributed by atoms with E-state index in [1.54, 1.807) is 0 Å². The van der Waals surface area contributed by atoms with Gasteiger partial charge in [-0.1, -0.05) is 146 Å². The smallest absolute Gasteiger partial charge is 0.135 e. The number of rotatable bonds is 3. The van der Waals surface area contributed by atoms with Gasteiger partial charge in [0.1, 0.15) is 11.5 Å². The molecule has 10 rings (SSSR count). The Hall–Kier alpha value is -5.92. The minimum absolute atomic E-state index is 0.480. The molecule has 0 amide bonds. The Bertz CT molecular complexity index is 2450. The highest BCUT2D eigenvalue weighted by molar-refractivity contribution is 6.05. The predicted molar refractivity (Wildman–Crippen MR) is 190 cm³/mol. The lowest BCUT2D eigenvalue weighted by molar-refractivity contribution is 0.487. The van der Waals surface area contributed by atoms with Crippen LogP contribution in [0.4, 0.5) is 0 Å². The second kappa shape index (κ2) is 9.54. The topological polar surface area (TPSA) is 9.23 Å². The van der Waals surface area contributed by atoms with E-state index in [0.717, 1.165) is 17.1 Å². The van der Waals surface area contributed by atoms with Crippen LogP contribution in [0.2, 0.25) is 0 Å². The van der Waals surface area contributed by atoms with Crippen LogP contribution in [0.3, 0.4) is 0 Å². The van der Waals surface area contributed by atoms with Crippen molar-refractivity contribution in [1.82, 2.24) is 0 Å². The molecule has 46 heavy (non-hydrogen) atoms. The molecule has 0 N–H and O–H groups in total. The molecule has 0 unspecified atom stereocenters. The maximum absolute atomic E-state index is 6.45. The van der Waals surface area contributed by atoms with E-state index in [0.29, 0.717) is 0 Å². The third kappa shape index (κ3) is 3.40. The first-order valence-electron chi connectivity index (χ1n) is 15.9. The van der Waals surface area contributed by atoms with E-state index in [4.69, 9.17) is 4.74 Å². The molecule has 8 aromatic rings. The van der Waals surface area contributed by atoms with Gasteiger partial charge in [-0.15, -0.1) is 0 Å². The molecule has 8 aromatic carbocycles. The second-order valence-electron chi connectivity index (χ2n) is 12.4. The van der Waals surface area contributed by atoms with E-state index >= 15 is 0 Å². The number of fused-ring (bicyclic) bond motifs is 7. The molecule has 1 nitrogen and oxygen atoms in total. The summed E-state index contributed by atoms with van der Waals surface area (Å²) in [6.07, 6.45) is 0. The summed E-state index contributed by atoms with van der Waals surface area (Å²) in [5.74, 6) is 1.82. The van der Waals surface area contributed by atoms with Crippen LogP contribution in [-0.2, 0) is 5.41 Å². The van der Waals surface area contributed by atoms with E-state index in [-0.39, 0.29) is 0 Å². The van der Waals surface area contributed by atoms with E-state index in [2.05, 4.69) is 170 Å². The zero-order valence-electron chi connectivity index (χ0n) is 25.1. The molecule has 0 spiro atoms. The lowest BCUT2D eigenvalue weighted by Gasteiger charge is -2.35. The average molecular weight is 585 g/mol. The number of hydrogen-bond donors (Lipinski definition) is 0. The van der Waals surface area contributed by atoms with E-state index in [9.17, 15) is 0 Å². The molecular weight excluding hydrogens is 556 g/mol. The van der Waals surface area contributed by atoms with Gasteiger partial charge in [0.25, 0.3) is 0 Å². The lowest BCUT2D eigenvalue weighted by Crippen LogP contribution is -2.28. The van der Waals surface area contributed by atoms with Crippen LogP contribution in [0.15, 0.2) is 170 Å². The monoisotopic (exact) mass is 584 g/mol. The van der Waals surface area contributed by atoms with Gasteiger partial charge in [0, 0.05) is 10.9 Å². The highest BCUT2D eigenvalue weighted by atomic mass is 16.5. The fraction of sp³-hybridized carbons (Fsp3) is 0.0222. The van der Waals surface area contributed by atoms with Gasteiger partial charge in [-0.3, -0.25) is 0 Å². The van der Waals surface area contributed by atoms with E-state index in [1.807, 2.05) is 0 Å². The average Bonchev–Trinajstić information content (AvgIpc) is 3.43. The van der Waals surface area contributed by atoms with Crippen molar-refractivity contribution in [2.45, 2.75) is 5.41 Å². The molecule has 0 saturated heterocycles. The lowest BCUT2D eigenvalue weighted by atomic mass is 9.66. The summed E-state index contributed by atoms with van der Waals surface area (Å²) in [7, 11) is 0. The maximum atomic E-state index is 6.45. The van der Waals surface area contributed by atoms with Crippen molar-refractivity contribution in [3.8, 4) is 44.9 Å². The Morgan fingerprint density at radius 1 is 0.391 bits per heavy atom. The van der Waals surface area contributed by atoms with Crippen molar-refractivity contribution in [2.75, 3.05) is 0 Å². The van der Waals surface area contributed by atoms with Crippen LogP contribution in [0.25, 0.3) is 54.9 Å². The van der Waals surface area contributed by atoms with Gasteiger partial charge in [0.15, 0.2) is 0 Å². The van der Waals surface area contributed by atoms with Crippen molar-refractivity contribution in [1.29, 1.82) is 0 Å². The Balaban J connectivity index is 1.26. The van der Waals surface area contributed by atoms with Crippen LogP contribution >= 0.6 is 0 Å². The molecule has 1 aliphatic heterocycles. The molecule has 0 saturated carbocycles. The Kier molecular flexibility index (Phi) is 5.27. The summed E-state index contributed by atoms with van der Waals surface area (Å²) in [5.41, 5.74) is 12.1. The normalized spacial score (nSPS) is 13.6. The molecule has 214 valence electrons. The van der Waals surface area contributed by atoms with E-state index < -0.39 is 5.41 Å². The standard InChI is InChI=1S/C45H28O/c1-3-14-33(15-4-1)45(34-16-5-2-6-17-34)40-28-32(22-24-36(40)38-25-21-29-11-7-8-18-35(29)44(38)45)31-23-26-41-39(27-31)37-19-9-12-30-13-10-20-42(46-41)43(30)37/h1-28H. The van der Waals surface area contributed by atoms with Crippen LogP contribution in [0.5, 0.6) is 11.5 Å². The third-order valence-electron chi connectivity index (χ3n) is 10.1. The highest BCUT2D eigenvalue weighted by Crippen LogP contribution is 2.59. The summed E-state index contributed by atoms with van der Waals surface area (Å²) in [4.78, 5) is 0. The first-order valence-corrected chi connectivity index (χ1v) is 15.9. The fourth-order valence-corrected chi connectivity index (χ4v) is 8.19.